The number of benzene rings is 1. The van der Waals surface area contributed by atoms with E-state index in [1.807, 2.05) is 11.7 Å². The van der Waals surface area contributed by atoms with Crippen molar-refractivity contribution in [1.29, 1.82) is 0 Å². The zero-order valence-corrected chi connectivity index (χ0v) is 20.3. The van der Waals surface area contributed by atoms with Gasteiger partial charge in [0.05, 0.1) is 5.69 Å². The Morgan fingerprint density at radius 3 is 2.48 bits per heavy atom. The fraction of sp³-hybridized carbons (Fsp3) is 0.500. The van der Waals surface area contributed by atoms with Gasteiger partial charge in [0, 0.05) is 50.1 Å². The van der Waals surface area contributed by atoms with Crippen molar-refractivity contribution in [2.24, 2.45) is 12.0 Å². The van der Waals surface area contributed by atoms with Gasteiger partial charge in [-0.1, -0.05) is 13.8 Å². The maximum atomic E-state index is 12.8. The monoisotopic (exact) mass is 551 g/mol. The molecule has 2 aromatic rings. The molecule has 31 heavy (non-hydrogen) atoms. The third-order valence-corrected chi connectivity index (χ3v) is 4.90. The number of halogens is 3. The molecule has 0 bridgehead atoms. The molecule has 0 radical (unpaired) electrons. The molecule has 1 aromatic heterocycles. The molecule has 1 aliphatic heterocycles. The van der Waals surface area contributed by atoms with E-state index in [0.717, 1.165) is 29.8 Å². The standard InChI is InChI=1S/C20H27F2N5O3.HI/c1-5-14-13(15(6-2)27(4)26-14)10-25-20(23-3)24-9-12-7-17-18(29-11-28-17)8-16(12)30-19(21)22;/h7-8,19H,5-6,9-11H2,1-4H3,(H2,23,24,25);1H. The molecule has 0 spiro atoms. The van der Waals surface area contributed by atoms with E-state index >= 15 is 0 Å². The van der Waals surface area contributed by atoms with Crippen LogP contribution in [0.1, 0.15) is 36.4 Å². The van der Waals surface area contributed by atoms with Gasteiger partial charge in [-0.05, 0) is 18.9 Å². The molecule has 0 atom stereocenters. The summed E-state index contributed by atoms with van der Waals surface area (Å²) in [4.78, 5) is 4.22. The number of hydrogen-bond acceptors (Lipinski definition) is 5. The first-order valence-corrected chi connectivity index (χ1v) is 9.82. The van der Waals surface area contributed by atoms with E-state index in [1.54, 1.807) is 13.1 Å². The van der Waals surface area contributed by atoms with Crippen molar-refractivity contribution in [2.75, 3.05) is 13.8 Å². The van der Waals surface area contributed by atoms with E-state index in [0.29, 0.717) is 29.6 Å². The van der Waals surface area contributed by atoms with Crippen LogP contribution in [0.3, 0.4) is 0 Å². The second-order valence-electron chi connectivity index (χ2n) is 6.67. The van der Waals surface area contributed by atoms with Crippen molar-refractivity contribution in [2.45, 2.75) is 46.4 Å². The number of nitrogens with zero attached hydrogens (tertiary/aromatic N) is 3. The van der Waals surface area contributed by atoms with Crippen molar-refractivity contribution >= 4 is 29.9 Å². The van der Waals surface area contributed by atoms with Crippen LogP contribution in [0.2, 0.25) is 0 Å². The number of fused-ring (bicyclic) bond motifs is 1. The van der Waals surface area contributed by atoms with Gasteiger partial charge < -0.3 is 24.8 Å². The summed E-state index contributed by atoms with van der Waals surface area (Å²) in [6.07, 6.45) is 1.71. The lowest BCUT2D eigenvalue weighted by Crippen LogP contribution is -2.36. The quantitative estimate of drug-likeness (QED) is 0.298. The van der Waals surface area contributed by atoms with E-state index < -0.39 is 6.61 Å². The van der Waals surface area contributed by atoms with Gasteiger partial charge in [-0.25, -0.2) is 0 Å². The molecule has 0 aliphatic carbocycles. The lowest BCUT2D eigenvalue weighted by Gasteiger charge is -2.15. The average Bonchev–Trinajstić information content (AvgIpc) is 3.30. The highest BCUT2D eigenvalue weighted by Gasteiger charge is 2.20. The molecule has 0 saturated carbocycles. The van der Waals surface area contributed by atoms with Crippen LogP contribution in [0.15, 0.2) is 17.1 Å². The third kappa shape index (κ3) is 5.89. The van der Waals surface area contributed by atoms with Crippen molar-refractivity contribution in [3.8, 4) is 17.2 Å². The van der Waals surface area contributed by atoms with Crippen LogP contribution >= 0.6 is 24.0 Å². The van der Waals surface area contributed by atoms with Gasteiger partial charge in [-0.3, -0.25) is 9.67 Å². The van der Waals surface area contributed by atoms with Crippen LogP contribution in [-0.4, -0.2) is 36.2 Å². The van der Waals surface area contributed by atoms with Crippen LogP contribution in [-0.2, 0) is 33.0 Å². The third-order valence-electron chi connectivity index (χ3n) is 4.90. The lowest BCUT2D eigenvalue weighted by molar-refractivity contribution is -0.0505. The molecular weight excluding hydrogens is 523 g/mol. The first-order valence-electron chi connectivity index (χ1n) is 9.82. The van der Waals surface area contributed by atoms with Crippen LogP contribution in [0.25, 0.3) is 0 Å². The highest BCUT2D eigenvalue weighted by molar-refractivity contribution is 14.0. The van der Waals surface area contributed by atoms with Crippen molar-refractivity contribution in [3.63, 3.8) is 0 Å². The summed E-state index contributed by atoms with van der Waals surface area (Å²) < 4.78 is 42.8. The summed E-state index contributed by atoms with van der Waals surface area (Å²) in [5.41, 5.74) is 3.86. The van der Waals surface area contributed by atoms with Gasteiger partial charge >= 0.3 is 6.61 Å². The Morgan fingerprint density at radius 2 is 1.87 bits per heavy atom. The fourth-order valence-corrected chi connectivity index (χ4v) is 3.47. The zero-order chi connectivity index (χ0) is 21.7. The van der Waals surface area contributed by atoms with Crippen molar-refractivity contribution in [1.82, 2.24) is 20.4 Å². The Balaban J connectivity index is 0.00000341. The van der Waals surface area contributed by atoms with Crippen molar-refractivity contribution in [3.05, 3.63) is 34.6 Å². The number of guanidine groups is 1. The number of aliphatic imine (C=N–C) groups is 1. The Bertz CT molecular complexity index is 921. The number of aromatic nitrogens is 2. The number of nitrogens with one attached hydrogen (secondary N) is 2. The first kappa shape index (κ1) is 25.0. The fourth-order valence-electron chi connectivity index (χ4n) is 3.47. The lowest BCUT2D eigenvalue weighted by atomic mass is 10.1. The number of ether oxygens (including phenoxy) is 3. The largest absolute Gasteiger partial charge is 0.454 e. The maximum Gasteiger partial charge on any atom is 0.387 e. The average molecular weight is 551 g/mol. The Morgan fingerprint density at radius 1 is 1.19 bits per heavy atom. The number of aryl methyl sites for hydroxylation is 2. The second kappa shape index (κ2) is 11.3. The molecule has 0 saturated heterocycles. The Hall–Kier alpha value is -2.31. The summed E-state index contributed by atoms with van der Waals surface area (Å²) in [7, 11) is 3.59. The van der Waals surface area contributed by atoms with Crippen molar-refractivity contribution < 1.29 is 23.0 Å². The van der Waals surface area contributed by atoms with Gasteiger partial charge in [0.2, 0.25) is 6.79 Å². The van der Waals surface area contributed by atoms with Crippen LogP contribution in [0.4, 0.5) is 8.78 Å². The summed E-state index contributed by atoms with van der Waals surface area (Å²) in [6.45, 7) is 2.05. The summed E-state index contributed by atoms with van der Waals surface area (Å²) in [5.74, 6) is 1.44. The molecule has 8 nitrogen and oxygen atoms in total. The molecular formula is C20H28F2IN5O3. The molecule has 172 valence electrons. The van der Waals surface area contributed by atoms with Crippen LogP contribution < -0.4 is 24.8 Å². The number of alkyl halides is 2. The SMILES string of the molecule is CCc1nn(C)c(CC)c1CNC(=NC)NCc1cc2c(cc1OC(F)F)OCO2.I. The molecule has 1 aromatic carbocycles. The van der Waals surface area contributed by atoms with E-state index in [4.69, 9.17) is 9.47 Å². The van der Waals surface area contributed by atoms with Gasteiger partial charge in [-0.15, -0.1) is 24.0 Å². The van der Waals surface area contributed by atoms with E-state index in [9.17, 15) is 8.78 Å². The van der Waals surface area contributed by atoms with Gasteiger partial charge in [0.25, 0.3) is 0 Å². The minimum atomic E-state index is -2.94. The summed E-state index contributed by atoms with van der Waals surface area (Å²) >= 11 is 0. The molecule has 0 amide bonds. The smallest absolute Gasteiger partial charge is 0.387 e. The Labute approximate surface area is 197 Å². The predicted octanol–water partition coefficient (Wildman–Crippen LogP) is 3.36. The van der Waals surface area contributed by atoms with Crippen LogP contribution in [0.5, 0.6) is 17.2 Å². The second-order valence-corrected chi connectivity index (χ2v) is 6.67. The normalized spacial score (nSPS) is 12.7. The molecule has 0 fully saturated rings. The summed E-state index contributed by atoms with van der Waals surface area (Å²) in [5, 5.41) is 11.0. The molecule has 0 unspecified atom stereocenters. The Kier molecular flexibility index (Phi) is 9.14. The van der Waals surface area contributed by atoms with Gasteiger partial charge in [-0.2, -0.15) is 13.9 Å². The van der Waals surface area contributed by atoms with Crippen LogP contribution in [0, 0.1) is 0 Å². The molecule has 1 aliphatic rings. The molecule has 11 heteroatoms. The molecule has 2 N–H and O–H groups in total. The first-order chi connectivity index (χ1) is 14.5. The zero-order valence-electron chi connectivity index (χ0n) is 18.0. The van der Waals surface area contributed by atoms with E-state index in [2.05, 4.69) is 39.3 Å². The molecule has 3 rings (SSSR count). The number of rotatable bonds is 8. The maximum absolute atomic E-state index is 12.8. The number of hydrogen-bond donors (Lipinski definition) is 2. The van der Waals surface area contributed by atoms with E-state index in [-0.39, 0.29) is 43.1 Å². The predicted molar refractivity (Wildman–Crippen MR) is 124 cm³/mol. The highest BCUT2D eigenvalue weighted by atomic mass is 127. The van der Waals surface area contributed by atoms with Gasteiger partial charge in [0.1, 0.15) is 5.75 Å². The topological polar surface area (TPSA) is 81.9 Å². The minimum Gasteiger partial charge on any atom is -0.454 e. The van der Waals surface area contributed by atoms with E-state index in [1.165, 1.54) is 6.07 Å². The summed E-state index contributed by atoms with van der Waals surface area (Å²) in [6, 6.07) is 3.05. The van der Waals surface area contributed by atoms with Gasteiger partial charge in [0.15, 0.2) is 17.5 Å². The highest BCUT2D eigenvalue weighted by Crippen LogP contribution is 2.38. The minimum absolute atomic E-state index is 0. The molecule has 2 heterocycles.